The Morgan fingerprint density at radius 3 is 2.25 bits per heavy atom. The molecule has 5 heteroatoms. The highest BCUT2D eigenvalue weighted by atomic mass is 16.4. The monoisotopic (exact) mass is 230 g/mol. The highest BCUT2D eigenvalue weighted by Gasteiger charge is 2.24. The molecule has 0 radical (unpaired) electrons. The molecule has 0 spiro atoms. The van der Waals surface area contributed by atoms with Crippen molar-refractivity contribution in [1.82, 2.24) is 5.32 Å². The molecule has 1 atom stereocenters. The van der Waals surface area contributed by atoms with E-state index >= 15 is 0 Å². The maximum Gasteiger partial charge on any atom is 0.321 e. The van der Waals surface area contributed by atoms with Gasteiger partial charge in [-0.05, 0) is 11.3 Å². The molecule has 1 amide bonds. The second kappa shape index (κ2) is 5.84. The van der Waals surface area contributed by atoms with E-state index in [0.29, 0.717) is 12.5 Å². The number of carboxylic acids is 1. The fourth-order valence-electron chi connectivity index (χ4n) is 0.890. The minimum atomic E-state index is -1.15. The van der Waals surface area contributed by atoms with Crippen molar-refractivity contribution in [3.05, 3.63) is 0 Å². The lowest BCUT2D eigenvalue weighted by atomic mass is 9.81. The number of carboxylic acid groups (broad SMARTS) is 1. The smallest absolute Gasteiger partial charge is 0.321 e. The summed E-state index contributed by atoms with van der Waals surface area (Å²) in [5.41, 5.74) is 5.25. The lowest BCUT2D eigenvalue weighted by Gasteiger charge is -2.29. The second-order valence-electron chi connectivity index (χ2n) is 5.07. The number of hydrogen-bond acceptors (Lipinski definition) is 3. The number of rotatable bonds is 6. The van der Waals surface area contributed by atoms with Crippen molar-refractivity contribution in [2.45, 2.75) is 40.2 Å². The maximum absolute atomic E-state index is 11.4. The van der Waals surface area contributed by atoms with Crippen LogP contribution in [0.4, 0.5) is 0 Å². The number of carbonyl (C=O) groups is 2. The van der Waals surface area contributed by atoms with Crippen LogP contribution < -0.4 is 11.1 Å². The molecule has 0 fully saturated rings. The van der Waals surface area contributed by atoms with Gasteiger partial charge < -0.3 is 16.2 Å². The first-order valence-electron chi connectivity index (χ1n) is 5.42. The summed E-state index contributed by atoms with van der Waals surface area (Å²) in [4.78, 5) is 21.8. The Kier molecular flexibility index (Phi) is 5.44. The van der Waals surface area contributed by atoms with E-state index < -0.39 is 12.0 Å². The van der Waals surface area contributed by atoms with Gasteiger partial charge in [-0.2, -0.15) is 0 Å². The van der Waals surface area contributed by atoms with E-state index in [1.165, 1.54) is 0 Å². The van der Waals surface area contributed by atoms with Gasteiger partial charge in [-0.25, -0.2) is 0 Å². The minimum absolute atomic E-state index is 0.0109. The molecule has 16 heavy (non-hydrogen) atoms. The van der Waals surface area contributed by atoms with Crippen molar-refractivity contribution in [1.29, 1.82) is 0 Å². The summed E-state index contributed by atoms with van der Waals surface area (Å²) in [7, 11) is 0. The van der Waals surface area contributed by atoms with Crippen LogP contribution in [-0.2, 0) is 9.59 Å². The molecular formula is C11H22N2O3. The summed E-state index contributed by atoms with van der Waals surface area (Å²) in [6.45, 7) is 8.78. The van der Waals surface area contributed by atoms with E-state index in [1.54, 1.807) is 0 Å². The SMILES string of the molecule is CC(C)C(C)(C)CNC(=O)CC(N)C(=O)O. The molecule has 0 aliphatic carbocycles. The standard InChI is InChI=1S/C11H22N2O3/c1-7(2)11(3,4)6-13-9(14)5-8(12)10(15)16/h7-8H,5-6,12H2,1-4H3,(H,13,14)(H,15,16). The first-order chi connectivity index (χ1) is 7.16. The van der Waals surface area contributed by atoms with Crippen LogP contribution >= 0.6 is 0 Å². The Morgan fingerprint density at radius 1 is 1.38 bits per heavy atom. The van der Waals surface area contributed by atoms with Crippen molar-refractivity contribution in [2.75, 3.05) is 6.54 Å². The molecule has 0 rings (SSSR count). The molecule has 0 heterocycles. The van der Waals surface area contributed by atoms with Crippen LogP contribution in [0.3, 0.4) is 0 Å². The van der Waals surface area contributed by atoms with Gasteiger partial charge in [-0.1, -0.05) is 27.7 Å². The Bertz CT molecular complexity index is 262. The van der Waals surface area contributed by atoms with Crippen LogP contribution in [0.2, 0.25) is 0 Å². The zero-order valence-electron chi connectivity index (χ0n) is 10.4. The third kappa shape index (κ3) is 5.11. The quantitative estimate of drug-likeness (QED) is 0.622. The number of aliphatic carboxylic acids is 1. The van der Waals surface area contributed by atoms with E-state index in [-0.39, 0.29) is 17.7 Å². The summed E-state index contributed by atoms with van der Waals surface area (Å²) in [5.74, 6) is -1.04. The first kappa shape index (κ1) is 14.9. The zero-order chi connectivity index (χ0) is 12.9. The van der Waals surface area contributed by atoms with Crippen LogP contribution in [-0.4, -0.2) is 29.6 Å². The van der Waals surface area contributed by atoms with Gasteiger partial charge in [0.25, 0.3) is 0 Å². The molecular weight excluding hydrogens is 208 g/mol. The van der Waals surface area contributed by atoms with Crippen molar-refractivity contribution in [2.24, 2.45) is 17.1 Å². The van der Waals surface area contributed by atoms with Gasteiger partial charge in [0.2, 0.25) is 5.91 Å². The van der Waals surface area contributed by atoms with Gasteiger partial charge in [0.1, 0.15) is 6.04 Å². The van der Waals surface area contributed by atoms with Crippen molar-refractivity contribution >= 4 is 11.9 Å². The predicted octanol–water partition coefficient (Wildman–Crippen LogP) is 0.587. The van der Waals surface area contributed by atoms with Crippen LogP contribution in [0.5, 0.6) is 0 Å². The fourth-order valence-corrected chi connectivity index (χ4v) is 0.890. The van der Waals surface area contributed by atoms with E-state index in [1.807, 2.05) is 0 Å². The normalized spacial score (nSPS) is 13.6. The fraction of sp³-hybridized carbons (Fsp3) is 0.818. The second-order valence-corrected chi connectivity index (χ2v) is 5.07. The highest BCUT2D eigenvalue weighted by molar-refractivity contribution is 5.84. The average molecular weight is 230 g/mol. The lowest BCUT2D eigenvalue weighted by molar-refractivity contribution is -0.140. The van der Waals surface area contributed by atoms with Gasteiger partial charge in [0, 0.05) is 6.54 Å². The van der Waals surface area contributed by atoms with Crippen LogP contribution in [0.25, 0.3) is 0 Å². The Morgan fingerprint density at radius 2 is 1.88 bits per heavy atom. The highest BCUT2D eigenvalue weighted by Crippen LogP contribution is 2.24. The topological polar surface area (TPSA) is 92.4 Å². The maximum atomic E-state index is 11.4. The number of carbonyl (C=O) groups excluding carboxylic acids is 1. The molecule has 1 unspecified atom stereocenters. The van der Waals surface area contributed by atoms with E-state index in [4.69, 9.17) is 10.8 Å². The third-order valence-corrected chi connectivity index (χ3v) is 3.03. The number of hydrogen-bond donors (Lipinski definition) is 3. The Labute approximate surface area is 96.4 Å². The van der Waals surface area contributed by atoms with Crippen molar-refractivity contribution in [3.63, 3.8) is 0 Å². The number of nitrogens with two attached hydrogens (primary N) is 1. The molecule has 5 nitrogen and oxygen atoms in total. The van der Waals surface area contributed by atoms with Gasteiger partial charge in [-0.3, -0.25) is 9.59 Å². The first-order valence-corrected chi connectivity index (χ1v) is 5.42. The third-order valence-electron chi connectivity index (χ3n) is 3.03. The van der Waals surface area contributed by atoms with E-state index in [0.717, 1.165) is 0 Å². The Balaban J connectivity index is 4.04. The summed E-state index contributed by atoms with van der Waals surface area (Å²) >= 11 is 0. The zero-order valence-corrected chi connectivity index (χ0v) is 10.4. The van der Waals surface area contributed by atoms with Crippen molar-refractivity contribution in [3.8, 4) is 0 Å². The molecule has 4 N–H and O–H groups in total. The lowest BCUT2D eigenvalue weighted by Crippen LogP contribution is -2.41. The van der Waals surface area contributed by atoms with Crippen LogP contribution in [0, 0.1) is 11.3 Å². The van der Waals surface area contributed by atoms with Gasteiger partial charge in [0.05, 0.1) is 6.42 Å². The van der Waals surface area contributed by atoms with E-state index in [9.17, 15) is 9.59 Å². The molecule has 0 saturated heterocycles. The molecule has 0 saturated carbocycles. The molecule has 94 valence electrons. The van der Waals surface area contributed by atoms with Crippen LogP contribution in [0.15, 0.2) is 0 Å². The van der Waals surface area contributed by atoms with E-state index in [2.05, 4.69) is 33.0 Å². The minimum Gasteiger partial charge on any atom is -0.480 e. The molecule has 0 aliphatic heterocycles. The summed E-state index contributed by atoms with van der Waals surface area (Å²) in [6.07, 6.45) is -0.177. The molecule has 0 aromatic rings. The summed E-state index contributed by atoms with van der Waals surface area (Å²) < 4.78 is 0. The van der Waals surface area contributed by atoms with Gasteiger partial charge in [0.15, 0.2) is 0 Å². The number of nitrogens with one attached hydrogen (secondary N) is 1. The summed E-state index contributed by atoms with van der Waals surface area (Å²) in [6, 6.07) is -1.12. The number of amides is 1. The predicted molar refractivity (Wildman–Crippen MR) is 61.9 cm³/mol. The van der Waals surface area contributed by atoms with Crippen LogP contribution in [0.1, 0.15) is 34.1 Å². The molecule has 0 bridgehead atoms. The van der Waals surface area contributed by atoms with Gasteiger partial charge >= 0.3 is 5.97 Å². The molecule has 0 aliphatic rings. The molecule has 0 aromatic carbocycles. The summed E-state index contributed by atoms with van der Waals surface area (Å²) in [5, 5.41) is 11.2. The largest absolute Gasteiger partial charge is 0.480 e. The van der Waals surface area contributed by atoms with Crippen molar-refractivity contribution < 1.29 is 14.7 Å². The Hall–Kier alpha value is -1.10. The molecule has 0 aromatic heterocycles. The average Bonchev–Trinajstić information content (AvgIpc) is 2.14. The van der Waals surface area contributed by atoms with Gasteiger partial charge in [-0.15, -0.1) is 0 Å².